The molecule has 4 rings (SSSR count). The van der Waals surface area contributed by atoms with E-state index < -0.39 is 17.7 Å². The van der Waals surface area contributed by atoms with Gasteiger partial charge in [-0.1, -0.05) is 29.4 Å². The van der Waals surface area contributed by atoms with Gasteiger partial charge in [0, 0.05) is 32.5 Å². The summed E-state index contributed by atoms with van der Waals surface area (Å²) in [6.07, 6.45) is 1.37. The summed E-state index contributed by atoms with van der Waals surface area (Å²) < 4.78 is 28.5. The molecule has 0 spiro atoms. The maximum absolute atomic E-state index is 13.6. The van der Waals surface area contributed by atoms with Crippen molar-refractivity contribution >= 4 is 17.8 Å². The Labute approximate surface area is 195 Å². The number of hydrogen-bond donors (Lipinski definition) is 2. The van der Waals surface area contributed by atoms with Gasteiger partial charge in [0.2, 0.25) is 17.8 Å². The number of carbonyl (C=O) groups excluding carboxylic acids is 2. The molecule has 34 heavy (non-hydrogen) atoms. The van der Waals surface area contributed by atoms with Crippen molar-refractivity contribution in [2.75, 3.05) is 18.0 Å². The van der Waals surface area contributed by atoms with Crippen molar-refractivity contribution in [3.8, 4) is 5.69 Å². The van der Waals surface area contributed by atoms with E-state index in [4.69, 9.17) is 0 Å². The van der Waals surface area contributed by atoms with E-state index in [9.17, 15) is 18.4 Å². The molecule has 1 aliphatic rings. The molecular weight excluding hydrogens is 444 g/mol. The number of nitrogens with zero attached hydrogens (tertiary/aromatic N) is 5. The van der Waals surface area contributed by atoms with Crippen LogP contribution in [0.5, 0.6) is 0 Å². The molecule has 0 radical (unpaired) electrons. The molecule has 11 heteroatoms. The molecule has 2 amide bonds. The molecule has 0 saturated carbocycles. The molecule has 0 unspecified atom stereocenters. The monoisotopic (exact) mass is 469 g/mol. The van der Waals surface area contributed by atoms with Crippen LogP contribution in [0.3, 0.4) is 0 Å². The topological polar surface area (TPSA) is 105 Å². The van der Waals surface area contributed by atoms with Gasteiger partial charge in [0.1, 0.15) is 6.04 Å². The number of amides is 2. The lowest BCUT2D eigenvalue weighted by molar-refractivity contribution is -0.128. The Balaban J connectivity index is 1.37. The first-order valence-electron chi connectivity index (χ1n) is 11.0. The predicted molar refractivity (Wildman–Crippen MR) is 120 cm³/mol. The molecule has 0 bridgehead atoms. The van der Waals surface area contributed by atoms with Crippen molar-refractivity contribution in [3.63, 3.8) is 0 Å². The lowest BCUT2D eigenvalue weighted by atomic mass is 10.0. The van der Waals surface area contributed by atoms with Gasteiger partial charge in [0.15, 0.2) is 11.6 Å². The van der Waals surface area contributed by atoms with Gasteiger partial charge in [0.05, 0.1) is 5.69 Å². The normalized spacial score (nSPS) is 15.1. The summed E-state index contributed by atoms with van der Waals surface area (Å²) in [6.45, 7) is 2.57. The Hall–Kier alpha value is -3.89. The van der Waals surface area contributed by atoms with Crippen molar-refractivity contribution in [3.05, 3.63) is 65.7 Å². The van der Waals surface area contributed by atoms with Crippen LogP contribution in [0.4, 0.5) is 14.7 Å². The first-order chi connectivity index (χ1) is 16.4. The molecule has 1 atom stereocenters. The summed E-state index contributed by atoms with van der Waals surface area (Å²) in [5.74, 6) is -2.08. The van der Waals surface area contributed by atoms with Crippen molar-refractivity contribution in [1.29, 1.82) is 0 Å². The van der Waals surface area contributed by atoms with Gasteiger partial charge < -0.3 is 15.5 Å². The average Bonchev–Trinajstić information content (AvgIpc) is 3.32. The number of halogens is 2. The predicted octanol–water partition coefficient (Wildman–Crippen LogP) is 1.77. The fourth-order valence-electron chi connectivity index (χ4n) is 4.00. The molecule has 1 aliphatic heterocycles. The first kappa shape index (κ1) is 23.3. The number of nitrogens with one attached hydrogen (secondary N) is 2. The van der Waals surface area contributed by atoms with Gasteiger partial charge in [-0.15, -0.1) is 0 Å². The highest BCUT2D eigenvalue weighted by Gasteiger charge is 2.27. The zero-order valence-electron chi connectivity index (χ0n) is 18.6. The SMILES string of the molecule is CC(=O)N[C@@H](Cc1ccc(F)c(F)c1)C(=O)NC1CCN(c2nnnn2-c2ccccc2)CC1. The van der Waals surface area contributed by atoms with Crippen LogP contribution in [0.2, 0.25) is 0 Å². The van der Waals surface area contributed by atoms with Crippen molar-refractivity contribution in [2.45, 2.75) is 38.3 Å². The molecule has 2 N–H and O–H groups in total. The molecule has 9 nitrogen and oxygen atoms in total. The Morgan fingerprint density at radius 3 is 2.50 bits per heavy atom. The Bertz CT molecular complexity index is 1150. The number of anilines is 1. The minimum absolute atomic E-state index is 0.0489. The maximum Gasteiger partial charge on any atom is 0.250 e. The Morgan fingerprint density at radius 2 is 1.82 bits per heavy atom. The van der Waals surface area contributed by atoms with Crippen LogP contribution in [0.25, 0.3) is 5.69 Å². The average molecular weight is 469 g/mol. The van der Waals surface area contributed by atoms with Crippen LogP contribution in [0.15, 0.2) is 48.5 Å². The van der Waals surface area contributed by atoms with Crippen molar-refractivity contribution < 1.29 is 18.4 Å². The van der Waals surface area contributed by atoms with E-state index in [1.54, 1.807) is 4.68 Å². The number of carbonyl (C=O) groups is 2. The number of rotatable bonds is 7. The molecule has 1 aromatic heterocycles. The lowest BCUT2D eigenvalue weighted by Gasteiger charge is -2.33. The zero-order valence-corrected chi connectivity index (χ0v) is 18.6. The molecule has 1 fully saturated rings. The number of para-hydroxylation sites is 1. The van der Waals surface area contributed by atoms with Crippen LogP contribution in [0, 0.1) is 11.6 Å². The Morgan fingerprint density at radius 1 is 1.09 bits per heavy atom. The van der Waals surface area contributed by atoms with E-state index in [0.29, 0.717) is 37.4 Å². The molecule has 2 heterocycles. The van der Waals surface area contributed by atoms with Gasteiger partial charge in [-0.05, 0) is 53.1 Å². The summed E-state index contributed by atoms with van der Waals surface area (Å²) in [5.41, 5.74) is 1.27. The van der Waals surface area contributed by atoms with E-state index in [0.717, 1.165) is 17.8 Å². The summed E-state index contributed by atoms with van der Waals surface area (Å²) in [5, 5.41) is 17.6. The maximum atomic E-state index is 13.6. The molecule has 2 aromatic carbocycles. The fraction of sp³-hybridized carbons (Fsp3) is 0.348. The highest BCUT2D eigenvalue weighted by molar-refractivity contribution is 5.87. The molecule has 0 aliphatic carbocycles. The molecule has 178 valence electrons. The number of hydrogen-bond acceptors (Lipinski definition) is 6. The van der Waals surface area contributed by atoms with Gasteiger partial charge in [-0.25, -0.2) is 8.78 Å². The molecule has 1 saturated heterocycles. The van der Waals surface area contributed by atoms with E-state index in [1.165, 1.54) is 13.0 Å². The lowest BCUT2D eigenvalue weighted by Crippen LogP contribution is -2.52. The second kappa shape index (κ2) is 10.4. The summed E-state index contributed by atoms with van der Waals surface area (Å²) >= 11 is 0. The van der Waals surface area contributed by atoms with Crippen LogP contribution in [-0.2, 0) is 16.0 Å². The van der Waals surface area contributed by atoms with E-state index >= 15 is 0 Å². The smallest absolute Gasteiger partial charge is 0.250 e. The second-order valence-corrected chi connectivity index (χ2v) is 8.20. The summed E-state index contributed by atoms with van der Waals surface area (Å²) in [6, 6.07) is 12.0. The minimum atomic E-state index is -0.996. The number of tetrazole rings is 1. The van der Waals surface area contributed by atoms with Crippen LogP contribution in [0.1, 0.15) is 25.3 Å². The largest absolute Gasteiger partial charge is 0.351 e. The van der Waals surface area contributed by atoms with E-state index in [-0.39, 0.29) is 24.3 Å². The number of piperidine rings is 1. The van der Waals surface area contributed by atoms with Gasteiger partial charge in [-0.2, -0.15) is 4.68 Å². The molecular formula is C23H25F2N7O2. The zero-order chi connectivity index (χ0) is 24.1. The standard InChI is InChI=1S/C23H25F2N7O2/c1-15(33)26-21(14-16-7-8-19(24)20(25)13-16)22(34)27-17-9-11-31(12-10-17)23-28-29-30-32(23)18-5-3-2-4-6-18/h2-8,13,17,21H,9-12,14H2,1H3,(H,26,33)(H,27,34)/t21-/m0/s1. The van der Waals surface area contributed by atoms with Crippen LogP contribution in [-0.4, -0.2) is 57.2 Å². The third kappa shape index (κ3) is 5.53. The van der Waals surface area contributed by atoms with E-state index in [1.807, 2.05) is 30.3 Å². The number of aromatic nitrogens is 4. The van der Waals surface area contributed by atoms with Gasteiger partial charge >= 0.3 is 0 Å². The summed E-state index contributed by atoms with van der Waals surface area (Å²) in [4.78, 5) is 26.6. The van der Waals surface area contributed by atoms with Crippen LogP contribution < -0.4 is 15.5 Å². The fourth-order valence-corrected chi connectivity index (χ4v) is 4.00. The van der Waals surface area contributed by atoms with Crippen LogP contribution >= 0.6 is 0 Å². The van der Waals surface area contributed by atoms with Gasteiger partial charge in [-0.3, -0.25) is 9.59 Å². The summed E-state index contributed by atoms with van der Waals surface area (Å²) in [7, 11) is 0. The van der Waals surface area contributed by atoms with Crippen molar-refractivity contribution in [1.82, 2.24) is 30.8 Å². The molecule has 3 aromatic rings. The quantitative estimate of drug-likeness (QED) is 0.547. The highest BCUT2D eigenvalue weighted by Crippen LogP contribution is 2.20. The van der Waals surface area contributed by atoms with E-state index in [2.05, 4.69) is 31.1 Å². The van der Waals surface area contributed by atoms with Gasteiger partial charge in [0.25, 0.3) is 0 Å². The third-order valence-corrected chi connectivity index (χ3v) is 5.70. The number of benzene rings is 2. The minimum Gasteiger partial charge on any atom is -0.351 e. The first-order valence-corrected chi connectivity index (χ1v) is 11.0. The Kier molecular flexibility index (Phi) is 7.09. The second-order valence-electron chi connectivity index (χ2n) is 8.20. The highest BCUT2D eigenvalue weighted by atomic mass is 19.2. The third-order valence-electron chi connectivity index (χ3n) is 5.70. The van der Waals surface area contributed by atoms with Crippen molar-refractivity contribution in [2.24, 2.45) is 0 Å².